The van der Waals surface area contributed by atoms with E-state index >= 15 is 0 Å². The summed E-state index contributed by atoms with van der Waals surface area (Å²) in [6.07, 6.45) is 1.65. The summed E-state index contributed by atoms with van der Waals surface area (Å²) < 4.78 is 0. The average molecular weight is 298 g/mol. The predicted molar refractivity (Wildman–Crippen MR) is 88.7 cm³/mol. The van der Waals surface area contributed by atoms with E-state index in [0.29, 0.717) is 17.2 Å². The number of hydrogen-bond acceptors (Lipinski definition) is 2. The van der Waals surface area contributed by atoms with Gasteiger partial charge in [0.05, 0.1) is 11.3 Å². The molecule has 0 amide bonds. The van der Waals surface area contributed by atoms with Crippen molar-refractivity contribution in [2.75, 3.05) is 0 Å². The monoisotopic (exact) mass is 298 g/mol. The van der Waals surface area contributed by atoms with Crippen LogP contribution in [0.15, 0.2) is 30.5 Å². The van der Waals surface area contributed by atoms with Crippen LogP contribution in [0.1, 0.15) is 39.0 Å². The summed E-state index contributed by atoms with van der Waals surface area (Å²) in [6.45, 7) is 8.69. The Kier molecular flexibility index (Phi) is 3.28. The second kappa shape index (κ2) is 4.90. The molecule has 0 bridgehead atoms. The van der Waals surface area contributed by atoms with E-state index in [0.717, 1.165) is 16.5 Å². The summed E-state index contributed by atoms with van der Waals surface area (Å²) >= 11 is 0. The van der Waals surface area contributed by atoms with Gasteiger partial charge in [-0.05, 0) is 17.5 Å². The molecule has 1 atom stereocenters. The molecular formula is C18H22N2O2. The van der Waals surface area contributed by atoms with Gasteiger partial charge in [0.25, 0.3) is 0 Å². The Hall–Kier alpha value is -2.23. The summed E-state index contributed by atoms with van der Waals surface area (Å²) in [5, 5.41) is 14.0. The van der Waals surface area contributed by atoms with Crippen LogP contribution in [-0.2, 0) is 10.2 Å². The van der Waals surface area contributed by atoms with Gasteiger partial charge >= 0.3 is 5.97 Å². The second-order valence-electron chi connectivity index (χ2n) is 6.89. The number of carboxylic acids is 1. The Bertz CT molecular complexity index is 768. The lowest BCUT2D eigenvalue weighted by atomic mass is 9.72. The topological polar surface area (TPSA) is 65.1 Å². The van der Waals surface area contributed by atoms with Gasteiger partial charge in [-0.3, -0.25) is 0 Å². The van der Waals surface area contributed by atoms with E-state index in [1.54, 1.807) is 6.20 Å². The lowest BCUT2D eigenvalue weighted by molar-refractivity contribution is -0.130. The third kappa shape index (κ3) is 2.02. The molecular weight excluding hydrogens is 276 g/mol. The van der Waals surface area contributed by atoms with E-state index in [2.05, 4.69) is 44.1 Å². The molecule has 4 heteroatoms. The van der Waals surface area contributed by atoms with Crippen molar-refractivity contribution in [3.8, 4) is 0 Å². The van der Waals surface area contributed by atoms with Crippen LogP contribution in [0.25, 0.3) is 16.5 Å². The molecule has 1 aromatic carbocycles. The number of carboxylic acid groups (broad SMARTS) is 1. The van der Waals surface area contributed by atoms with Gasteiger partial charge in [-0.2, -0.15) is 0 Å². The highest BCUT2D eigenvalue weighted by molar-refractivity contribution is 6.16. The van der Waals surface area contributed by atoms with E-state index in [-0.39, 0.29) is 11.5 Å². The van der Waals surface area contributed by atoms with E-state index in [4.69, 9.17) is 0 Å². The van der Waals surface area contributed by atoms with Crippen molar-refractivity contribution in [2.24, 2.45) is 5.92 Å². The van der Waals surface area contributed by atoms with E-state index in [1.807, 2.05) is 18.2 Å². The molecule has 1 aliphatic rings. The quantitative estimate of drug-likeness (QED) is 0.795. The van der Waals surface area contributed by atoms with E-state index < -0.39 is 5.97 Å². The Morgan fingerprint density at radius 1 is 1.27 bits per heavy atom. The highest BCUT2D eigenvalue weighted by Gasteiger charge is 2.40. The Balaban J connectivity index is 2.37. The molecule has 2 heterocycles. The van der Waals surface area contributed by atoms with Gasteiger partial charge in [0, 0.05) is 28.6 Å². The maximum Gasteiger partial charge on any atom is 0.339 e. The summed E-state index contributed by atoms with van der Waals surface area (Å²) in [5.41, 5.74) is 2.88. The summed E-state index contributed by atoms with van der Waals surface area (Å²) in [7, 11) is 0. The summed E-state index contributed by atoms with van der Waals surface area (Å²) in [4.78, 5) is 15.0. The molecule has 22 heavy (non-hydrogen) atoms. The molecule has 116 valence electrons. The fourth-order valence-corrected chi connectivity index (χ4v) is 3.82. The van der Waals surface area contributed by atoms with Crippen LogP contribution < -0.4 is 5.32 Å². The molecule has 4 nitrogen and oxygen atoms in total. The van der Waals surface area contributed by atoms with Gasteiger partial charge < -0.3 is 15.4 Å². The molecule has 0 radical (unpaired) electrons. The number of fused-ring (bicyclic) bond motifs is 3. The molecule has 0 aliphatic carbocycles. The Morgan fingerprint density at radius 3 is 2.59 bits per heavy atom. The zero-order valence-electron chi connectivity index (χ0n) is 13.4. The Morgan fingerprint density at radius 2 is 1.95 bits per heavy atom. The standard InChI is InChI=1S/C18H22N2O2/c1-10(2)16-18(3,4)14-11-7-5-6-8-13(11)20-15(14)12(9-19-16)17(21)22/h5-10,16,19-20H,1-4H3,(H,21,22). The number of aliphatic carboxylic acids is 1. The van der Waals surface area contributed by atoms with Crippen molar-refractivity contribution in [3.05, 3.63) is 41.7 Å². The van der Waals surface area contributed by atoms with Crippen LogP contribution in [0.3, 0.4) is 0 Å². The highest BCUT2D eigenvalue weighted by Crippen LogP contribution is 2.42. The first kappa shape index (κ1) is 14.7. The third-order valence-electron chi connectivity index (χ3n) is 4.70. The average Bonchev–Trinajstić information content (AvgIpc) is 2.76. The summed E-state index contributed by atoms with van der Waals surface area (Å²) in [6, 6.07) is 8.18. The first-order chi connectivity index (χ1) is 10.3. The molecule has 1 aliphatic heterocycles. The van der Waals surface area contributed by atoms with Gasteiger partial charge in [0.15, 0.2) is 0 Å². The van der Waals surface area contributed by atoms with E-state index in [1.165, 1.54) is 0 Å². The predicted octanol–water partition coefficient (Wildman–Crippen LogP) is 3.50. The lowest BCUT2D eigenvalue weighted by Gasteiger charge is -2.37. The number of benzene rings is 1. The van der Waals surface area contributed by atoms with Crippen LogP contribution in [0.2, 0.25) is 0 Å². The van der Waals surface area contributed by atoms with Gasteiger partial charge in [0.1, 0.15) is 0 Å². The maximum atomic E-state index is 11.7. The van der Waals surface area contributed by atoms with Crippen LogP contribution in [-0.4, -0.2) is 22.1 Å². The number of rotatable bonds is 2. The van der Waals surface area contributed by atoms with Gasteiger partial charge in [-0.1, -0.05) is 45.9 Å². The zero-order valence-corrected chi connectivity index (χ0v) is 13.4. The first-order valence-corrected chi connectivity index (χ1v) is 7.65. The molecule has 2 aromatic rings. The van der Waals surface area contributed by atoms with Crippen molar-refractivity contribution < 1.29 is 9.90 Å². The maximum absolute atomic E-state index is 11.7. The number of carbonyl (C=O) groups is 1. The molecule has 0 fully saturated rings. The fourth-order valence-electron chi connectivity index (χ4n) is 3.82. The molecule has 0 saturated heterocycles. The van der Waals surface area contributed by atoms with Crippen molar-refractivity contribution in [1.29, 1.82) is 0 Å². The fraction of sp³-hybridized carbons (Fsp3) is 0.389. The number of H-pyrrole nitrogens is 1. The zero-order chi connectivity index (χ0) is 16.1. The van der Waals surface area contributed by atoms with Gasteiger partial charge in [0.2, 0.25) is 0 Å². The first-order valence-electron chi connectivity index (χ1n) is 7.65. The second-order valence-corrected chi connectivity index (χ2v) is 6.89. The largest absolute Gasteiger partial charge is 0.478 e. The Labute approximate surface area is 130 Å². The molecule has 0 saturated carbocycles. The van der Waals surface area contributed by atoms with Gasteiger partial charge in [-0.25, -0.2) is 4.79 Å². The highest BCUT2D eigenvalue weighted by atomic mass is 16.4. The smallest absolute Gasteiger partial charge is 0.339 e. The lowest BCUT2D eigenvalue weighted by Crippen LogP contribution is -2.45. The van der Waals surface area contributed by atoms with Crippen LogP contribution >= 0.6 is 0 Å². The minimum Gasteiger partial charge on any atom is -0.478 e. The molecule has 3 rings (SSSR count). The van der Waals surface area contributed by atoms with Crippen LogP contribution in [0.4, 0.5) is 0 Å². The molecule has 0 spiro atoms. The van der Waals surface area contributed by atoms with Gasteiger partial charge in [-0.15, -0.1) is 0 Å². The number of aromatic nitrogens is 1. The molecule has 1 aromatic heterocycles. The number of hydrogen-bond donors (Lipinski definition) is 3. The summed E-state index contributed by atoms with van der Waals surface area (Å²) in [5.74, 6) is -0.540. The van der Waals surface area contributed by atoms with E-state index in [9.17, 15) is 9.90 Å². The van der Waals surface area contributed by atoms with Crippen molar-refractivity contribution in [2.45, 2.75) is 39.2 Å². The van der Waals surface area contributed by atoms with Crippen LogP contribution in [0.5, 0.6) is 0 Å². The SMILES string of the molecule is CC(C)C1NC=C(C(=O)O)c2[nH]c3ccccc3c2C1(C)C. The van der Waals surface area contributed by atoms with Crippen molar-refractivity contribution >= 4 is 22.4 Å². The number of para-hydroxylation sites is 1. The van der Waals surface area contributed by atoms with Crippen molar-refractivity contribution in [3.63, 3.8) is 0 Å². The number of nitrogens with one attached hydrogen (secondary N) is 2. The minimum absolute atomic E-state index is 0.155. The normalized spacial score (nSPS) is 20.2. The minimum atomic E-state index is -0.916. The third-order valence-corrected chi connectivity index (χ3v) is 4.70. The number of aromatic amines is 1. The molecule has 1 unspecified atom stereocenters. The van der Waals surface area contributed by atoms with Crippen LogP contribution in [0, 0.1) is 5.92 Å². The van der Waals surface area contributed by atoms with Crippen molar-refractivity contribution in [1.82, 2.24) is 10.3 Å². The molecule has 3 N–H and O–H groups in total.